The van der Waals surface area contributed by atoms with Gasteiger partial charge >= 0.3 is 12.0 Å². The molecule has 2 amide bonds. The van der Waals surface area contributed by atoms with E-state index in [2.05, 4.69) is 10.6 Å². The van der Waals surface area contributed by atoms with Crippen LogP contribution in [0.5, 0.6) is 0 Å². The fourth-order valence-electron chi connectivity index (χ4n) is 2.63. The Hall–Kier alpha value is -2.90. The second-order valence-corrected chi connectivity index (χ2v) is 5.77. The molecule has 0 radical (unpaired) electrons. The van der Waals surface area contributed by atoms with E-state index in [0.29, 0.717) is 17.9 Å². The number of nitro benzene ring substituents is 1. The van der Waals surface area contributed by atoms with Gasteiger partial charge in [0.15, 0.2) is 0 Å². The first-order valence-electron chi connectivity index (χ1n) is 8.13. The number of urea groups is 1. The standard InChI is InChI=1S/C17H21N3O5/c1-3-4-5-9-25-16(21)14-11(2)18-17(22)19-15(14)12-7-6-8-13(10-12)20(23)24/h6-8,10,15H,3-5,9H2,1-2H3,(H2,18,19,22)/t15-/m0/s1. The van der Waals surface area contributed by atoms with Gasteiger partial charge in [0.25, 0.3) is 5.69 Å². The van der Waals surface area contributed by atoms with E-state index < -0.39 is 23.0 Å². The molecule has 2 N–H and O–H groups in total. The summed E-state index contributed by atoms with van der Waals surface area (Å²) in [5.41, 5.74) is 0.958. The molecule has 8 nitrogen and oxygen atoms in total. The number of rotatable bonds is 7. The number of nitro groups is 1. The molecule has 0 aromatic heterocycles. The maximum Gasteiger partial charge on any atom is 0.338 e. The predicted molar refractivity (Wildman–Crippen MR) is 90.7 cm³/mol. The molecule has 134 valence electrons. The molecular weight excluding hydrogens is 326 g/mol. The average Bonchev–Trinajstić information content (AvgIpc) is 2.58. The second-order valence-electron chi connectivity index (χ2n) is 5.77. The van der Waals surface area contributed by atoms with Crippen molar-refractivity contribution in [1.29, 1.82) is 0 Å². The Kier molecular flexibility index (Phi) is 6.10. The summed E-state index contributed by atoms with van der Waals surface area (Å²) in [5.74, 6) is -0.544. The molecule has 1 aromatic carbocycles. The van der Waals surface area contributed by atoms with Gasteiger partial charge in [-0.05, 0) is 18.9 Å². The van der Waals surface area contributed by atoms with Gasteiger partial charge in [-0.2, -0.15) is 0 Å². The third-order valence-electron chi connectivity index (χ3n) is 3.88. The molecule has 0 spiro atoms. The van der Waals surface area contributed by atoms with Gasteiger partial charge in [0.1, 0.15) is 0 Å². The minimum Gasteiger partial charge on any atom is -0.462 e. The van der Waals surface area contributed by atoms with Crippen LogP contribution >= 0.6 is 0 Å². The van der Waals surface area contributed by atoms with E-state index in [4.69, 9.17) is 4.74 Å². The zero-order valence-electron chi connectivity index (χ0n) is 14.2. The molecular formula is C17H21N3O5. The summed E-state index contributed by atoms with van der Waals surface area (Å²) in [4.78, 5) is 34.7. The van der Waals surface area contributed by atoms with Gasteiger partial charge in [0.2, 0.25) is 0 Å². The van der Waals surface area contributed by atoms with Gasteiger partial charge in [-0.1, -0.05) is 31.9 Å². The number of allylic oxidation sites excluding steroid dienone is 1. The number of benzene rings is 1. The molecule has 1 aromatic rings. The van der Waals surface area contributed by atoms with Gasteiger partial charge in [-0.15, -0.1) is 0 Å². The van der Waals surface area contributed by atoms with Crippen LogP contribution < -0.4 is 10.6 Å². The third kappa shape index (κ3) is 4.56. The van der Waals surface area contributed by atoms with Crippen LogP contribution in [0.4, 0.5) is 10.5 Å². The normalized spacial score (nSPS) is 16.9. The number of non-ortho nitro benzene ring substituents is 1. The number of ether oxygens (including phenoxy) is 1. The maximum absolute atomic E-state index is 12.5. The topological polar surface area (TPSA) is 111 Å². The van der Waals surface area contributed by atoms with Crippen molar-refractivity contribution in [1.82, 2.24) is 10.6 Å². The number of amides is 2. The van der Waals surface area contributed by atoms with Crippen molar-refractivity contribution in [3.63, 3.8) is 0 Å². The number of carbonyl (C=O) groups excluding carboxylic acids is 2. The predicted octanol–water partition coefficient (Wildman–Crippen LogP) is 2.96. The highest BCUT2D eigenvalue weighted by Gasteiger charge is 2.32. The Bertz CT molecular complexity index is 714. The summed E-state index contributed by atoms with van der Waals surface area (Å²) in [5, 5.41) is 16.2. The van der Waals surface area contributed by atoms with Crippen LogP contribution in [0, 0.1) is 10.1 Å². The molecule has 0 saturated carbocycles. The van der Waals surface area contributed by atoms with Crippen LogP contribution in [0.1, 0.15) is 44.7 Å². The Balaban J connectivity index is 2.29. The van der Waals surface area contributed by atoms with Crippen LogP contribution in [0.3, 0.4) is 0 Å². The first-order valence-corrected chi connectivity index (χ1v) is 8.13. The SMILES string of the molecule is CCCCCOC(=O)C1=C(C)NC(=O)N[C@H]1c1cccc([N+](=O)[O-])c1. The van der Waals surface area contributed by atoms with E-state index in [1.807, 2.05) is 6.92 Å². The molecule has 0 fully saturated rings. The summed E-state index contributed by atoms with van der Waals surface area (Å²) in [6.45, 7) is 3.94. The molecule has 0 unspecified atom stereocenters. The Morgan fingerprint density at radius 2 is 2.12 bits per heavy atom. The first-order chi connectivity index (χ1) is 11.9. The Labute approximate surface area is 145 Å². The molecule has 1 heterocycles. The molecule has 8 heteroatoms. The molecule has 0 aliphatic carbocycles. The van der Waals surface area contributed by atoms with E-state index in [9.17, 15) is 19.7 Å². The van der Waals surface area contributed by atoms with Crippen molar-refractivity contribution in [3.05, 3.63) is 51.2 Å². The fourth-order valence-corrected chi connectivity index (χ4v) is 2.63. The fraction of sp³-hybridized carbons (Fsp3) is 0.412. The molecule has 0 bridgehead atoms. The van der Waals surface area contributed by atoms with Crippen molar-refractivity contribution in [2.75, 3.05) is 6.61 Å². The lowest BCUT2D eigenvalue weighted by Gasteiger charge is -2.28. The monoisotopic (exact) mass is 347 g/mol. The van der Waals surface area contributed by atoms with Crippen molar-refractivity contribution >= 4 is 17.7 Å². The number of hydrogen-bond donors (Lipinski definition) is 2. The zero-order valence-corrected chi connectivity index (χ0v) is 14.2. The smallest absolute Gasteiger partial charge is 0.338 e. The summed E-state index contributed by atoms with van der Waals surface area (Å²) in [6.07, 6.45) is 2.72. The lowest BCUT2D eigenvalue weighted by molar-refractivity contribution is -0.384. The lowest BCUT2D eigenvalue weighted by Crippen LogP contribution is -2.45. The van der Waals surface area contributed by atoms with Gasteiger partial charge in [-0.25, -0.2) is 9.59 Å². The van der Waals surface area contributed by atoms with Crippen LogP contribution in [-0.2, 0) is 9.53 Å². The highest BCUT2D eigenvalue weighted by atomic mass is 16.6. The highest BCUT2D eigenvalue weighted by Crippen LogP contribution is 2.29. The van der Waals surface area contributed by atoms with E-state index in [1.165, 1.54) is 18.2 Å². The number of carbonyl (C=O) groups is 2. The molecule has 1 aliphatic rings. The minimum atomic E-state index is -0.799. The van der Waals surface area contributed by atoms with Crippen molar-refractivity contribution in [3.8, 4) is 0 Å². The first kappa shape index (κ1) is 18.4. The summed E-state index contributed by atoms with van der Waals surface area (Å²) >= 11 is 0. The van der Waals surface area contributed by atoms with Crippen molar-refractivity contribution in [2.45, 2.75) is 39.2 Å². The molecule has 2 rings (SSSR count). The van der Waals surface area contributed by atoms with Crippen LogP contribution in [0.2, 0.25) is 0 Å². The van der Waals surface area contributed by atoms with Gasteiger partial charge in [-0.3, -0.25) is 10.1 Å². The van der Waals surface area contributed by atoms with Gasteiger partial charge in [0.05, 0.1) is 23.1 Å². The summed E-state index contributed by atoms with van der Waals surface area (Å²) < 4.78 is 5.30. The van der Waals surface area contributed by atoms with E-state index in [0.717, 1.165) is 19.3 Å². The molecule has 0 saturated heterocycles. The number of hydrogen-bond acceptors (Lipinski definition) is 5. The Morgan fingerprint density at radius 3 is 2.80 bits per heavy atom. The molecule has 1 atom stereocenters. The van der Waals surface area contributed by atoms with E-state index in [-0.39, 0.29) is 11.3 Å². The van der Waals surface area contributed by atoms with E-state index >= 15 is 0 Å². The lowest BCUT2D eigenvalue weighted by atomic mass is 9.95. The van der Waals surface area contributed by atoms with Crippen LogP contribution in [0.15, 0.2) is 35.5 Å². The molecule has 1 aliphatic heterocycles. The average molecular weight is 347 g/mol. The van der Waals surface area contributed by atoms with E-state index in [1.54, 1.807) is 13.0 Å². The van der Waals surface area contributed by atoms with Crippen molar-refractivity contribution < 1.29 is 19.2 Å². The van der Waals surface area contributed by atoms with Gasteiger partial charge in [0, 0.05) is 17.8 Å². The van der Waals surface area contributed by atoms with Crippen LogP contribution in [0.25, 0.3) is 0 Å². The largest absolute Gasteiger partial charge is 0.462 e. The number of nitrogens with one attached hydrogen (secondary N) is 2. The molecule has 25 heavy (non-hydrogen) atoms. The quantitative estimate of drug-likeness (QED) is 0.341. The third-order valence-corrected chi connectivity index (χ3v) is 3.88. The number of unbranched alkanes of at least 4 members (excludes halogenated alkanes) is 2. The van der Waals surface area contributed by atoms with Gasteiger partial charge < -0.3 is 15.4 Å². The van der Waals surface area contributed by atoms with Crippen LogP contribution in [-0.4, -0.2) is 23.5 Å². The summed E-state index contributed by atoms with van der Waals surface area (Å²) in [6, 6.07) is 4.56. The Morgan fingerprint density at radius 1 is 1.36 bits per heavy atom. The second kappa shape index (κ2) is 8.27. The minimum absolute atomic E-state index is 0.112. The zero-order chi connectivity index (χ0) is 18.4. The number of nitrogens with zero attached hydrogens (tertiary/aromatic N) is 1. The summed E-state index contributed by atoms with van der Waals surface area (Å²) in [7, 11) is 0. The van der Waals surface area contributed by atoms with Crippen molar-refractivity contribution in [2.24, 2.45) is 0 Å². The highest BCUT2D eigenvalue weighted by molar-refractivity contribution is 5.95. The maximum atomic E-state index is 12.5. The number of esters is 1.